The lowest BCUT2D eigenvalue weighted by Gasteiger charge is -2.06. The maximum atomic E-state index is 13.6. The highest BCUT2D eigenvalue weighted by atomic mass is 19.1. The van der Waals surface area contributed by atoms with E-state index in [0.29, 0.717) is 17.5 Å². The Labute approximate surface area is 93.9 Å². The van der Waals surface area contributed by atoms with Crippen LogP contribution in [0.25, 0.3) is 10.8 Å². The van der Waals surface area contributed by atoms with Gasteiger partial charge in [0.2, 0.25) is 0 Å². The third kappa shape index (κ3) is 1.92. The van der Waals surface area contributed by atoms with Gasteiger partial charge in [0.25, 0.3) is 0 Å². The molecule has 0 aliphatic heterocycles. The lowest BCUT2D eigenvalue weighted by atomic mass is 10.0. The van der Waals surface area contributed by atoms with Crippen molar-refractivity contribution in [1.82, 2.24) is 0 Å². The monoisotopic (exact) mass is 220 g/mol. The third-order valence-electron chi connectivity index (χ3n) is 2.80. The van der Waals surface area contributed by atoms with Crippen LogP contribution in [-0.2, 0) is 6.42 Å². The second kappa shape index (κ2) is 4.20. The van der Waals surface area contributed by atoms with Gasteiger partial charge < -0.3 is 0 Å². The number of fused-ring (bicyclic) bond motifs is 1. The molecule has 84 valence electrons. The van der Waals surface area contributed by atoms with Crippen molar-refractivity contribution in [2.24, 2.45) is 0 Å². The highest BCUT2D eigenvalue weighted by Crippen LogP contribution is 2.23. The molecule has 0 amide bonds. The quantitative estimate of drug-likeness (QED) is 0.704. The third-order valence-corrected chi connectivity index (χ3v) is 2.80. The molecule has 2 aromatic rings. The first-order valence-electron chi connectivity index (χ1n) is 5.50. The van der Waals surface area contributed by atoms with Crippen LogP contribution in [0.1, 0.15) is 24.5 Å². The molecule has 0 atom stereocenters. The van der Waals surface area contributed by atoms with Gasteiger partial charge in [-0.05, 0) is 59.5 Å². The van der Waals surface area contributed by atoms with E-state index >= 15 is 0 Å². The van der Waals surface area contributed by atoms with E-state index in [-0.39, 0.29) is 11.6 Å². The fourth-order valence-corrected chi connectivity index (χ4v) is 1.92. The van der Waals surface area contributed by atoms with Crippen molar-refractivity contribution in [3.63, 3.8) is 0 Å². The summed E-state index contributed by atoms with van der Waals surface area (Å²) in [7, 11) is 0. The van der Waals surface area contributed by atoms with E-state index in [1.54, 1.807) is 19.1 Å². The fourth-order valence-electron chi connectivity index (χ4n) is 1.92. The van der Waals surface area contributed by atoms with Gasteiger partial charge in [-0.2, -0.15) is 0 Å². The number of rotatable bonds is 2. The Morgan fingerprint density at radius 3 is 2.25 bits per heavy atom. The Balaban J connectivity index is 2.65. The maximum absolute atomic E-state index is 13.6. The van der Waals surface area contributed by atoms with Gasteiger partial charge in [-0.3, -0.25) is 0 Å². The summed E-state index contributed by atoms with van der Waals surface area (Å²) in [5, 5.41) is 1.53. The van der Waals surface area contributed by atoms with Crippen molar-refractivity contribution in [2.75, 3.05) is 0 Å². The number of hydrogen-bond donors (Lipinski definition) is 0. The fraction of sp³-hybridized carbons (Fsp3) is 0.286. The summed E-state index contributed by atoms with van der Waals surface area (Å²) < 4.78 is 27.0. The van der Waals surface area contributed by atoms with E-state index in [1.165, 1.54) is 12.1 Å². The minimum atomic E-state index is -0.235. The molecule has 0 unspecified atom stereocenters. The van der Waals surface area contributed by atoms with Crippen molar-refractivity contribution >= 4 is 10.8 Å². The van der Waals surface area contributed by atoms with Crippen molar-refractivity contribution in [2.45, 2.75) is 26.7 Å². The molecule has 0 saturated carbocycles. The number of hydrogen-bond acceptors (Lipinski definition) is 0. The molecule has 0 aliphatic rings. The Bertz CT molecular complexity index is 530. The molecule has 0 nitrogen and oxygen atoms in total. The van der Waals surface area contributed by atoms with E-state index in [4.69, 9.17) is 0 Å². The molecular weight excluding hydrogens is 206 g/mol. The molecule has 0 radical (unpaired) electrons. The highest BCUT2D eigenvalue weighted by molar-refractivity contribution is 5.84. The molecule has 16 heavy (non-hydrogen) atoms. The Kier molecular flexibility index (Phi) is 2.90. The van der Waals surface area contributed by atoms with E-state index < -0.39 is 0 Å². The van der Waals surface area contributed by atoms with Crippen LogP contribution < -0.4 is 0 Å². The molecule has 0 heterocycles. The van der Waals surface area contributed by atoms with Crippen LogP contribution in [0.15, 0.2) is 24.3 Å². The second-order valence-corrected chi connectivity index (χ2v) is 4.14. The Morgan fingerprint density at radius 1 is 0.938 bits per heavy atom. The van der Waals surface area contributed by atoms with Gasteiger partial charge in [0.15, 0.2) is 0 Å². The van der Waals surface area contributed by atoms with Crippen LogP contribution in [0, 0.1) is 18.6 Å². The summed E-state index contributed by atoms with van der Waals surface area (Å²) in [4.78, 5) is 0. The normalized spacial score (nSPS) is 11.0. The van der Waals surface area contributed by atoms with Gasteiger partial charge >= 0.3 is 0 Å². The maximum Gasteiger partial charge on any atom is 0.127 e. The molecular formula is C14H14F2. The minimum absolute atomic E-state index is 0.194. The van der Waals surface area contributed by atoms with E-state index in [1.807, 2.05) is 6.92 Å². The summed E-state index contributed by atoms with van der Waals surface area (Å²) in [6, 6.07) is 6.40. The molecule has 2 rings (SSSR count). The predicted octanol–water partition coefficient (Wildman–Crippen LogP) is 4.38. The van der Waals surface area contributed by atoms with Gasteiger partial charge in [-0.1, -0.05) is 13.3 Å². The smallest absolute Gasteiger partial charge is 0.127 e. The van der Waals surface area contributed by atoms with E-state index in [0.717, 1.165) is 17.2 Å². The first-order valence-corrected chi connectivity index (χ1v) is 5.50. The van der Waals surface area contributed by atoms with Crippen LogP contribution in [0.4, 0.5) is 8.78 Å². The summed E-state index contributed by atoms with van der Waals surface area (Å²) >= 11 is 0. The molecule has 0 spiro atoms. The van der Waals surface area contributed by atoms with Crippen LogP contribution in [-0.4, -0.2) is 0 Å². The molecule has 0 saturated heterocycles. The van der Waals surface area contributed by atoms with Crippen LogP contribution in [0.5, 0.6) is 0 Å². The lowest BCUT2D eigenvalue weighted by molar-refractivity contribution is 0.608. The molecule has 0 aromatic heterocycles. The standard InChI is InChI=1S/C14H14F2/c1-3-4-10-6-12-7-13(15)9(2)5-11(12)8-14(10)16/h5-8H,3-4H2,1-2H3. The van der Waals surface area contributed by atoms with Crippen molar-refractivity contribution in [3.05, 3.63) is 47.0 Å². The molecule has 0 N–H and O–H groups in total. The van der Waals surface area contributed by atoms with Crippen LogP contribution >= 0.6 is 0 Å². The number of halogens is 2. The molecule has 0 bridgehead atoms. The highest BCUT2D eigenvalue weighted by Gasteiger charge is 2.06. The summed E-state index contributed by atoms with van der Waals surface area (Å²) in [5.41, 5.74) is 1.22. The second-order valence-electron chi connectivity index (χ2n) is 4.14. The zero-order valence-corrected chi connectivity index (χ0v) is 9.48. The molecule has 2 heteroatoms. The summed E-state index contributed by atoms with van der Waals surface area (Å²) in [6.07, 6.45) is 1.58. The summed E-state index contributed by atoms with van der Waals surface area (Å²) in [5.74, 6) is -0.429. The zero-order valence-electron chi connectivity index (χ0n) is 9.48. The number of benzene rings is 2. The molecule has 2 aromatic carbocycles. The lowest BCUT2D eigenvalue weighted by Crippen LogP contribution is -1.91. The predicted molar refractivity (Wildman–Crippen MR) is 62.6 cm³/mol. The first-order chi connectivity index (χ1) is 7.61. The SMILES string of the molecule is CCCc1cc2cc(F)c(C)cc2cc1F. The van der Waals surface area contributed by atoms with Crippen molar-refractivity contribution in [3.8, 4) is 0 Å². The zero-order chi connectivity index (χ0) is 11.7. The van der Waals surface area contributed by atoms with Crippen LogP contribution in [0.3, 0.4) is 0 Å². The Hall–Kier alpha value is -1.44. The molecule has 0 aliphatic carbocycles. The van der Waals surface area contributed by atoms with Crippen LogP contribution in [0.2, 0.25) is 0 Å². The van der Waals surface area contributed by atoms with Gasteiger partial charge in [0, 0.05) is 0 Å². The first kappa shape index (κ1) is 11.1. The average molecular weight is 220 g/mol. The van der Waals surface area contributed by atoms with Crippen molar-refractivity contribution < 1.29 is 8.78 Å². The topological polar surface area (TPSA) is 0 Å². The van der Waals surface area contributed by atoms with E-state index in [2.05, 4.69) is 0 Å². The molecule has 0 fully saturated rings. The summed E-state index contributed by atoms with van der Waals surface area (Å²) in [6.45, 7) is 3.69. The Morgan fingerprint density at radius 2 is 1.56 bits per heavy atom. The largest absolute Gasteiger partial charge is 0.207 e. The van der Waals surface area contributed by atoms with Gasteiger partial charge in [0.1, 0.15) is 11.6 Å². The number of aryl methyl sites for hydroxylation is 2. The van der Waals surface area contributed by atoms with Gasteiger partial charge in [0.05, 0.1) is 0 Å². The average Bonchev–Trinajstić information content (AvgIpc) is 2.23. The van der Waals surface area contributed by atoms with Gasteiger partial charge in [-0.25, -0.2) is 8.78 Å². The van der Waals surface area contributed by atoms with E-state index in [9.17, 15) is 8.78 Å². The minimum Gasteiger partial charge on any atom is -0.207 e. The van der Waals surface area contributed by atoms with Gasteiger partial charge in [-0.15, -0.1) is 0 Å². The van der Waals surface area contributed by atoms with Crippen molar-refractivity contribution in [1.29, 1.82) is 0 Å².